The van der Waals surface area contributed by atoms with Crippen molar-refractivity contribution in [1.82, 2.24) is 0 Å². The minimum atomic E-state index is 0.214. The van der Waals surface area contributed by atoms with Crippen LogP contribution in [0.25, 0.3) is 0 Å². The molecule has 1 aliphatic rings. The molecule has 0 amide bonds. The normalized spacial score (nSPS) is 19.6. The molecule has 1 aliphatic heterocycles. The first kappa shape index (κ1) is 9.53. The highest BCUT2D eigenvalue weighted by atomic mass is 16.3. The summed E-state index contributed by atoms with van der Waals surface area (Å²) in [6.07, 6.45) is 0.951. The molecule has 1 atom stereocenters. The smallest absolute Gasteiger partial charge is 0.0636 e. The monoisotopic (exact) mass is 191 g/mol. The Hall–Kier alpha value is -1.02. The average molecular weight is 191 g/mol. The minimum Gasteiger partial charge on any atom is -0.394 e. The van der Waals surface area contributed by atoms with Crippen LogP contribution >= 0.6 is 0 Å². The van der Waals surface area contributed by atoms with Crippen molar-refractivity contribution in [3.8, 4) is 0 Å². The van der Waals surface area contributed by atoms with Crippen LogP contribution in [0.3, 0.4) is 0 Å². The lowest BCUT2D eigenvalue weighted by atomic mass is 9.99. The zero-order chi connectivity index (χ0) is 10.1. The number of hydrogen-bond acceptors (Lipinski definition) is 2. The number of aliphatic hydroxyl groups excluding tert-OH is 1. The van der Waals surface area contributed by atoms with Crippen LogP contribution < -0.4 is 5.32 Å². The van der Waals surface area contributed by atoms with Gasteiger partial charge in [0.05, 0.1) is 12.6 Å². The van der Waals surface area contributed by atoms with Gasteiger partial charge in [-0.2, -0.15) is 0 Å². The number of rotatable bonds is 2. The molecule has 0 radical (unpaired) electrons. The number of nitrogens with one attached hydrogen (secondary N) is 1. The number of hydrogen-bond donors (Lipinski definition) is 2. The maximum Gasteiger partial charge on any atom is 0.0636 e. The molecule has 0 unspecified atom stereocenters. The Labute approximate surface area is 85.0 Å². The van der Waals surface area contributed by atoms with Gasteiger partial charge < -0.3 is 10.4 Å². The van der Waals surface area contributed by atoms with E-state index in [0.717, 1.165) is 6.42 Å². The SMILES string of the molecule is CC(C)c1ccc2c(c1)C[C@@H](CO)N2. The second kappa shape index (κ2) is 3.62. The van der Waals surface area contributed by atoms with Crippen molar-refractivity contribution in [2.24, 2.45) is 0 Å². The van der Waals surface area contributed by atoms with E-state index in [9.17, 15) is 0 Å². The Balaban J connectivity index is 2.26. The first-order chi connectivity index (χ1) is 6.70. The summed E-state index contributed by atoms with van der Waals surface area (Å²) in [4.78, 5) is 0. The van der Waals surface area contributed by atoms with Gasteiger partial charge in [-0.1, -0.05) is 26.0 Å². The summed E-state index contributed by atoms with van der Waals surface area (Å²) in [5.41, 5.74) is 3.91. The first-order valence-corrected chi connectivity index (χ1v) is 5.21. The third kappa shape index (κ3) is 1.62. The summed E-state index contributed by atoms with van der Waals surface area (Å²) in [5, 5.41) is 12.4. The van der Waals surface area contributed by atoms with Crippen LogP contribution in [-0.2, 0) is 6.42 Å². The largest absolute Gasteiger partial charge is 0.394 e. The Morgan fingerprint density at radius 3 is 2.93 bits per heavy atom. The van der Waals surface area contributed by atoms with E-state index in [1.807, 2.05) is 0 Å². The van der Waals surface area contributed by atoms with Gasteiger partial charge in [0, 0.05) is 5.69 Å². The van der Waals surface area contributed by atoms with Crippen LogP contribution in [0.2, 0.25) is 0 Å². The van der Waals surface area contributed by atoms with E-state index in [4.69, 9.17) is 5.11 Å². The summed E-state index contributed by atoms with van der Waals surface area (Å²) in [6, 6.07) is 6.76. The molecule has 0 saturated carbocycles. The number of fused-ring (bicyclic) bond motifs is 1. The van der Waals surface area contributed by atoms with Gasteiger partial charge in [-0.3, -0.25) is 0 Å². The van der Waals surface area contributed by atoms with E-state index in [-0.39, 0.29) is 12.6 Å². The van der Waals surface area contributed by atoms with E-state index in [2.05, 4.69) is 37.4 Å². The van der Waals surface area contributed by atoms with E-state index in [1.165, 1.54) is 16.8 Å². The predicted octanol–water partition coefficient (Wildman–Crippen LogP) is 2.14. The molecular formula is C12H17NO. The molecule has 76 valence electrons. The molecule has 2 nitrogen and oxygen atoms in total. The predicted molar refractivity (Wildman–Crippen MR) is 58.7 cm³/mol. The number of aliphatic hydroxyl groups is 1. The van der Waals surface area contributed by atoms with Crippen molar-refractivity contribution < 1.29 is 5.11 Å². The quantitative estimate of drug-likeness (QED) is 0.750. The molecule has 14 heavy (non-hydrogen) atoms. The van der Waals surface area contributed by atoms with Gasteiger partial charge in [0.15, 0.2) is 0 Å². The second-order valence-electron chi connectivity index (χ2n) is 4.30. The van der Waals surface area contributed by atoms with Crippen molar-refractivity contribution in [1.29, 1.82) is 0 Å². The topological polar surface area (TPSA) is 32.3 Å². The maximum atomic E-state index is 9.05. The van der Waals surface area contributed by atoms with E-state index in [0.29, 0.717) is 5.92 Å². The zero-order valence-electron chi connectivity index (χ0n) is 8.75. The van der Waals surface area contributed by atoms with Crippen molar-refractivity contribution in [2.45, 2.75) is 32.2 Å². The van der Waals surface area contributed by atoms with Crippen LogP contribution in [0.5, 0.6) is 0 Å². The van der Waals surface area contributed by atoms with Crippen molar-refractivity contribution >= 4 is 5.69 Å². The first-order valence-electron chi connectivity index (χ1n) is 5.21. The highest BCUT2D eigenvalue weighted by Gasteiger charge is 2.19. The molecular weight excluding hydrogens is 174 g/mol. The van der Waals surface area contributed by atoms with Gasteiger partial charge in [-0.15, -0.1) is 0 Å². The van der Waals surface area contributed by atoms with Crippen molar-refractivity contribution in [3.05, 3.63) is 29.3 Å². The van der Waals surface area contributed by atoms with Crippen LogP contribution in [0, 0.1) is 0 Å². The standard InChI is InChI=1S/C12H17NO/c1-8(2)9-3-4-12-10(5-9)6-11(7-14)13-12/h3-5,8,11,13-14H,6-7H2,1-2H3/t11-/m0/s1. The summed E-state index contributed by atoms with van der Waals surface area (Å²) < 4.78 is 0. The van der Waals surface area contributed by atoms with Crippen LogP contribution in [-0.4, -0.2) is 17.8 Å². The third-order valence-electron chi connectivity index (χ3n) is 2.84. The molecule has 2 N–H and O–H groups in total. The molecule has 0 saturated heterocycles. The van der Waals surface area contributed by atoms with Crippen LogP contribution in [0.4, 0.5) is 5.69 Å². The summed E-state index contributed by atoms with van der Waals surface area (Å²) in [5.74, 6) is 0.577. The van der Waals surface area contributed by atoms with Crippen molar-refractivity contribution in [2.75, 3.05) is 11.9 Å². The van der Waals surface area contributed by atoms with Gasteiger partial charge in [0.2, 0.25) is 0 Å². The molecule has 0 aromatic heterocycles. The molecule has 0 fully saturated rings. The maximum absolute atomic E-state index is 9.05. The number of benzene rings is 1. The van der Waals surface area contributed by atoms with Crippen molar-refractivity contribution in [3.63, 3.8) is 0 Å². The van der Waals surface area contributed by atoms with E-state index >= 15 is 0 Å². The molecule has 2 heteroatoms. The average Bonchev–Trinajstić information content (AvgIpc) is 2.58. The van der Waals surface area contributed by atoms with Gasteiger partial charge >= 0.3 is 0 Å². The molecule has 1 aromatic rings. The summed E-state index contributed by atoms with van der Waals surface area (Å²) >= 11 is 0. The zero-order valence-corrected chi connectivity index (χ0v) is 8.75. The summed E-state index contributed by atoms with van der Waals surface area (Å²) in [7, 11) is 0. The van der Waals surface area contributed by atoms with Crippen LogP contribution in [0.15, 0.2) is 18.2 Å². The summed E-state index contributed by atoms with van der Waals surface area (Å²) in [6.45, 7) is 4.62. The Morgan fingerprint density at radius 2 is 2.29 bits per heavy atom. The fourth-order valence-electron chi connectivity index (χ4n) is 1.93. The van der Waals surface area contributed by atoms with Gasteiger partial charge in [0.25, 0.3) is 0 Å². The molecule has 0 spiro atoms. The lowest BCUT2D eigenvalue weighted by molar-refractivity contribution is 0.277. The molecule has 1 aromatic carbocycles. The highest BCUT2D eigenvalue weighted by Crippen LogP contribution is 2.28. The fourth-order valence-corrected chi connectivity index (χ4v) is 1.93. The van der Waals surface area contributed by atoms with Crippen LogP contribution in [0.1, 0.15) is 30.9 Å². The molecule has 2 rings (SSSR count). The van der Waals surface area contributed by atoms with E-state index < -0.39 is 0 Å². The second-order valence-corrected chi connectivity index (χ2v) is 4.30. The lowest BCUT2D eigenvalue weighted by Gasteiger charge is -2.07. The Bertz CT molecular complexity index is 333. The molecule has 0 aliphatic carbocycles. The Kier molecular flexibility index (Phi) is 2.46. The van der Waals surface area contributed by atoms with Gasteiger partial charge in [0.1, 0.15) is 0 Å². The van der Waals surface area contributed by atoms with E-state index in [1.54, 1.807) is 0 Å². The lowest BCUT2D eigenvalue weighted by Crippen LogP contribution is -2.19. The third-order valence-corrected chi connectivity index (χ3v) is 2.84. The minimum absolute atomic E-state index is 0.214. The molecule has 0 bridgehead atoms. The number of anilines is 1. The highest BCUT2D eigenvalue weighted by molar-refractivity contribution is 5.58. The van der Waals surface area contributed by atoms with Gasteiger partial charge in [-0.25, -0.2) is 0 Å². The Morgan fingerprint density at radius 1 is 1.50 bits per heavy atom. The molecule has 1 heterocycles. The fraction of sp³-hybridized carbons (Fsp3) is 0.500. The van der Waals surface area contributed by atoms with Gasteiger partial charge in [-0.05, 0) is 29.5 Å².